The lowest BCUT2D eigenvalue weighted by Crippen LogP contribution is -2.19. The quantitative estimate of drug-likeness (QED) is 0.644. The molecule has 0 aliphatic rings. The number of aliphatic hydroxyl groups excluding tert-OH is 1. The van der Waals surface area contributed by atoms with Gasteiger partial charge in [-0.3, -0.25) is 0 Å². The van der Waals surface area contributed by atoms with E-state index in [0.29, 0.717) is 16.9 Å². The number of aliphatic hydroxyl groups is 1. The number of nitrogens with zero attached hydrogens (tertiary/aromatic N) is 1. The van der Waals surface area contributed by atoms with Crippen LogP contribution in [0, 0.1) is 11.3 Å². The van der Waals surface area contributed by atoms with Gasteiger partial charge in [-0.05, 0) is 43.3 Å². The second kappa shape index (κ2) is 7.01. The molecule has 4 N–H and O–H groups in total. The normalized spacial score (nSPS) is 11.4. The minimum absolute atomic E-state index is 0.0251. The van der Waals surface area contributed by atoms with E-state index in [9.17, 15) is 15.0 Å². The molecule has 0 saturated carbocycles. The number of hydrogen-bond donors (Lipinski definition) is 4. The molecule has 7 heteroatoms. The Hall–Kier alpha value is -2.75. The summed E-state index contributed by atoms with van der Waals surface area (Å²) in [4.78, 5) is 12.0. The summed E-state index contributed by atoms with van der Waals surface area (Å²) in [6.45, 7) is 1.48. The van der Waals surface area contributed by atoms with E-state index in [1.165, 1.54) is 19.1 Å². The van der Waals surface area contributed by atoms with Crippen molar-refractivity contribution in [2.45, 2.75) is 13.0 Å². The number of anilines is 2. The average Bonchev–Trinajstić information content (AvgIpc) is 2.51. The maximum absolute atomic E-state index is 12.0. The summed E-state index contributed by atoms with van der Waals surface area (Å²) >= 11 is 5.88. The highest BCUT2D eigenvalue weighted by Crippen LogP contribution is 2.34. The first-order valence-electron chi connectivity index (χ1n) is 6.69. The fourth-order valence-corrected chi connectivity index (χ4v) is 2.16. The van der Waals surface area contributed by atoms with Crippen LogP contribution in [0.1, 0.15) is 24.2 Å². The maximum atomic E-state index is 12.0. The zero-order valence-electron chi connectivity index (χ0n) is 12.2. The fourth-order valence-electron chi connectivity index (χ4n) is 1.93. The van der Waals surface area contributed by atoms with Gasteiger partial charge in [-0.2, -0.15) is 5.26 Å². The summed E-state index contributed by atoms with van der Waals surface area (Å²) < 4.78 is 0. The molecule has 0 aliphatic carbocycles. The number of urea groups is 1. The van der Waals surface area contributed by atoms with E-state index in [1.807, 2.05) is 6.07 Å². The molecule has 0 fully saturated rings. The molecule has 2 amide bonds. The number of hydrogen-bond acceptors (Lipinski definition) is 4. The van der Waals surface area contributed by atoms with Crippen LogP contribution in [-0.2, 0) is 0 Å². The van der Waals surface area contributed by atoms with E-state index in [2.05, 4.69) is 10.6 Å². The van der Waals surface area contributed by atoms with E-state index < -0.39 is 12.1 Å². The molecule has 0 radical (unpaired) electrons. The van der Waals surface area contributed by atoms with Gasteiger partial charge in [0.1, 0.15) is 5.75 Å². The standard InChI is InChI=1S/C16H14ClN3O3/c1-9(21)13-6-12(7-14(17)15(13)22)20-16(23)19-11-4-2-10(8-18)3-5-11/h2-7,9,21-22H,1H3,(H2,19,20,23). The Balaban J connectivity index is 2.12. The lowest BCUT2D eigenvalue weighted by Gasteiger charge is -2.13. The first-order chi connectivity index (χ1) is 10.9. The van der Waals surface area contributed by atoms with Crippen molar-refractivity contribution in [1.29, 1.82) is 5.26 Å². The number of carbonyl (C=O) groups is 1. The Morgan fingerprint density at radius 1 is 1.22 bits per heavy atom. The number of nitriles is 1. The van der Waals surface area contributed by atoms with Gasteiger partial charge >= 0.3 is 6.03 Å². The first kappa shape index (κ1) is 16.6. The average molecular weight is 332 g/mol. The van der Waals surface area contributed by atoms with E-state index in [0.717, 1.165) is 0 Å². The minimum atomic E-state index is -0.934. The smallest absolute Gasteiger partial charge is 0.323 e. The van der Waals surface area contributed by atoms with Crippen LogP contribution in [0.4, 0.5) is 16.2 Å². The molecule has 0 aromatic heterocycles. The van der Waals surface area contributed by atoms with Crippen LogP contribution in [0.3, 0.4) is 0 Å². The molecule has 118 valence electrons. The lowest BCUT2D eigenvalue weighted by molar-refractivity contribution is 0.195. The third-order valence-corrected chi connectivity index (χ3v) is 3.36. The molecule has 2 rings (SSSR count). The number of amides is 2. The van der Waals surface area contributed by atoms with Gasteiger partial charge in [0.15, 0.2) is 0 Å². The Bertz CT molecular complexity index is 767. The van der Waals surface area contributed by atoms with Crippen molar-refractivity contribution in [1.82, 2.24) is 0 Å². The molecular formula is C16H14ClN3O3. The minimum Gasteiger partial charge on any atom is -0.506 e. The number of benzene rings is 2. The lowest BCUT2D eigenvalue weighted by atomic mass is 10.1. The first-order valence-corrected chi connectivity index (χ1v) is 7.07. The summed E-state index contributed by atoms with van der Waals surface area (Å²) in [5.74, 6) is -0.222. The molecular weight excluding hydrogens is 318 g/mol. The fraction of sp³-hybridized carbons (Fsp3) is 0.125. The van der Waals surface area contributed by atoms with E-state index >= 15 is 0 Å². The molecule has 0 spiro atoms. The Kier molecular flexibility index (Phi) is 5.06. The third kappa shape index (κ3) is 4.13. The number of aromatic hydroxyl groups is 1. The molecule has 2 aromatic carbocycles. The predicted molar refractivity (Wildman–Crippen MR) is 87.5 cm³/mol. The largest absolute Gasteiger partial charge is 0.506 e. The summed E-state index contributed by atoms with van der Waals surface area (Å²) in [5, 5.41) is 33.3. The number of phenolic OH excluding ortho intramolecular Hbond substituents is 1. The zero-order valence-corrected chi connectivity index (χ0v) is 12.9. The van der Waals surface area contributed by atoms with Crippen LogP contribution in [0.2, 0.25) is 5.02 Å². The number of phenols is 1. The molecule has 2 aromatic rings. The van der Waals surface area contributed by atoms with Gasteiger partial charge in [0.05, 0.1) is 22.8 Å². The van der Waals surface area contributed by atoms with Gasteiger partial charge in [0.2, 0.25) is 0 Å². The van der Waals surface area contributed by atoms with Gasteiger partial charge < -0.3 is 20.8 Å². The van der Waals surface area contributed by atoms with Gasteiger partial charge in [-0.25, -0.2) is 4.79 Å². The van der Waals surface area contributed by atoms with Crippen LogP contribution in [-0.4, -0.2) is 16.2 Å². The van der Waals surface area contributed by atoms with E-state index in [4.69, 9.17) is 16.9 Å². The van der Waals surface area contributed by atoms with Crippen LogP contribution in [0.15, 0.2) is 36.4 Å². The molecule has 1 atom stereocenters. The van der Waals surface area contributed by atoms with E-state index in [-0.39, 0.29) is 16.3 Å². The number of nitrogens with one attached hydrogen (secondary N) is 2. The molecule has 0 saturated heterocycles. The van der Waals surface area contributed by atoms with Crippen LogP contribution < -0.4 is 10.6 Å². The van der Waals surface area contributed by atoms with Gasteiger partial charge in [-0.15, -0.1) is 0 Å². The highest BCUT2D eigenvalue weighted by molar-refractivity contribution is 6.32. The van der Waals surface area contributed by atoms with Crippen molar-refractivity contribution in [2.24, 2.45) is 0 Å². The van der Waals surface area contributed by atoms with Crippen LogP contribution in [0.5, 0.6) is 5.75 Å². The van der Waals surface area contributed by atoms with Crippen molar-refractivity contribution in [3.05, 3.63) is 52.5 Å². The van der Waals surface area contributed by atoms with Crippen molar-refractivity contribution in [3.63, 3.8) is 0 Å². The predicted octanol–water partition coefficient (Wildman–Crippen LogP) is 3.61. The summed E-state index contributed by atoms with van der Waals surface area (Å²) in [7, 11) is 0. The number of halogens is 1. The highest BCUT2D eigenvalue weighted by atomic mass is 35.5. The SMILES string of the molecule is CC(O)c1cc(NC(=O)Nc2ccc(C#N)cc2)cc(Cl)c1O. The maximum Gasteiger partial charge on any atom is 0.323 e. The van der Waals surface area contributed by atoms with Crippen molar-refractivity contribution < 1.29 is 15.0 Å². The molecule has 0 bridgehead atoms. The Morgan fingerprint density at radius 3 is 2.39 bits per heavy atom. The summed E-state index contributed by atoms with van der Waals surface area (Å²) in [6, 6.07) is 10.6. The van der Waals surface area contributed by atoms with Gasteiger partial charge in [0.25, 0.3) is 0 Å². The molecule has 6 nitrogen and oxygen atoms in total. The molecule has 0 aliphatic heterocycles. The second-order valence-corrected chi connectivity index (χ2v) is 5.25. The van der Waals surface area contributed by atoms with Crippen LogP contribution >= 0.6 is 11.6 Å². The van der Waals surface area contributed by atoms with Crippen molar-refractivity contribution in [2.75, 3.05) is 10.6 Å². The van der Waals surface area contributed by atoms with Gasteiger partial charge in [-0.1, -0.05) is 11.6 Å². The van der Waals surface area contributed by atoms with Gasteiger partial charge in [0, 0.05) is 16.9 Å². The summed E-state index contributed by atoms with van der Waals surface area (Å²) in [5.41, 5.74) is 1.55. The highest BCUT2D eigenvalue weighted by Gasteiger charge is 2.14. The molecule has 23 heavy (non-hydrogen) atoms. The number of carbonyl (C=O) groups excluding carboxylic acids is 1. The Labute approximate surface area is 137 Å². The Morgan fingerprint density at radius 2 is 1.83 bits per heavy atom. The monoisotopic (exact) mass is 331 g/mol. The second-order valence-electron chi connectivity index (χ2n) is 4.84. The van der Waals surface area contributed by atoms with Crippen molar-refractivity contribution >= 4 is 29.0 Å². The topological polar surface area (TPSA) is 105 Å². The third-order valence-electron chi connectivity index (χ3n) is 3.07. The van der Waals surface area contributed by atoms with Crippen molar-refractivity contribution in [3.8, 4) is 11.8 Å². The molecule has 1 unspecified atom stereocenters. The number of rotatable bonds is 3. The zero-order chi connectivity index (χ0) is 17.0. The summed E-state index contributed by atoms with van der Waals surface area (Å²) in [6.07, 6.45) is -0.934. The molecule has 0 heterocycles. The van der Waals surface area contributed by atoms with Crippen LogP contribution in [0.25, 0.3) is 0 Å². The van der Waals surface area contributed by atoms with E-state index in [1.54, 1.807) is 24.3 Å².